The fourth-order valence-electron chi connectivity index (χ4n) is 2.21. The summed E-state index contributed by atoms with van der Waals surface area (Å²) < 4.78 is 0. The highest BCUT2D eigenvalue weighted by Gasteiger charge is 2.33. The van der Waals surface area contributed by atoms with E-state index in [0.717, 1.165) is 38.0 Å². The number of nitrogens with zero attached hydrogens (tertiary/aromatic N) is 3. The van der Waals surface area contributed by atoms with E-state index in [0.29, 0.717) is 11.7 Å². The van der Waals surface area contributed by atoms with Crippen LogP contribution in [0.4, 0.5) is 0 Å². The summed E-state index contributed by atoms with van der Waals surface area (Å²) in [6, 6.07) is 0. The van der Waals surface area contributed by atoms with E-state index in [1.807, 2.05) is 6.20 Å². The van der Waals surface area contributed by atoms with Crippen molar-refractivity contribution in [3.05, 3.63) is 23.3 Å². The van der Waals surface area contributed by atoms with Gasteiger partial charge in [0, 0.05) is 19.3 Å². The van der Waals surface area contributed by atoms with Crippen LogP contribution in [0.1, 0.15) is 36.0 Å². The molecule has 4 nitrogen and oxygen atoms in total. The van der Waals surface area contributed by atoms with Crippen LogP contribution in [0.15, 0.2) is 6.20 Å². The summed E-state index contributed by atoms with van der Waals surface area (Å²) in [5.41, 5.74) is 2.34. The first kappa shape index (κ1) is 10.2. The number of fused-ring (bicyclic) bond motifs is 1. The van der Waals surface area contributed by atoms with E-state index in [9.17, 15) is 5.11 Å². The number of aliphatic hydroxyl groups excluding tert-OH is 1. The normalized spacial score (nSPS) is 22.9. The molecule has 3 rings (SSSR count). The Hall–Kier alpha value is -1.00. The van der Waals surface area contributed by atoms with Crippen molar-refractivity contribution in [1.29, 1.82) is 0 Å². The van der Waals surface area contributed by atoms with Crippen molar-refractivity contribution >= 4 is 0 Å². The lowest BCUT2D eigenvalue weighted by Crippen LogP contribution is -2.28. The number of aliphatic hydroxyl groups is 1. The fraction of sp³-hybridized carbons (Fsp3) is 0.667. The Morgan fingerprint density at radius 2 is 2.31 bits per heavy atom. The summed E-state index contributed by atoms with van der Waals surface area (Å²) in [6.45, 7) is 1.95. The minimum atomic E-state index is -0.447. The molecular weight excluding hydrogens is 202 g/mol. The minimum absolute atomic E-state index is 0.402. The molecule has 0 aromatic carbocycles. The molecule has 16 heavy (non-hydrogen) atoms. The van der Waals surface area contributed by atoms with Crippen molar-refractivity contribution < 1.29 is 5.11 Å². The smallest absolute Gasteiger partial charge is 0.157 e. The topological polar surface area (TPSA) is 49.2 Å². The minimum Gasteiger partial charge on any atom is -0.385 e. The first-order chi connectivity index (χ1) is 7.74. The summed E-state index contributed by atoms with van der Waals surface area (Å²) >= 11 is 0. The Labute approximate surface area is 95.3 Å². The monoisotopic (exact) mass is 219 g/mol. The SMILES string of the molecule is CN1CCc2cnc(C(O)C3CC3)nc2C1. The van der Waals surface area contributed by atoms with Crippen LogP contribution in [-0.4, -0.2) is 33.6 Å². The second-order valence-corrected chi connectivity index (χ2v) is 4.97. The molecule has 1 N–H and O–H groups in total. The Kier molecular flexibility index (Phi) is 2.41. The zero-order valence-corrected chi connectivity index (χ0v) is 9.56. The summed E-state index contributed by atoms with van der Waals surface area (Å²) in [7, 11) is 2.10. The van der Waals surface area contributed by atoms with Gasteiger partial charge in [0.2, 0.25) is 0 Å². The van der Waals surface area contributed by atoms with Crippen molar-refractivity contribution in [1.82, 2.24) is 14.9 Å². The second kappa shape index (κ2) is 3.79. The third kappa shape index (κ3) is 1.83. The van der Waals surface area contributed by atoms with E-state index in [1.165, 1.54) is 5.56 Å². The lowest BCUT2D eigenvalue weighted by atomic mass is 10.1. The van der Waals surface area contributed by atoms with Gasteiger partial charge in [-0.25, -0.2) is 9.97 Å². The van der Waals surface area contributed by atoms with Crippen molar-refractivity contribution in [3.8, 4) is 0 Å². The molecule has 1 aliphatic heterocycles. The van der Waals surface area contributed by atoms with Crippen molar-refractivity contribution in [2.45, 2.75) is 31.9 Å². The van der Waals surface area contributed by atoms with Gasteiger partial charge in [-0.3, -0.25) is 0 Å². The quantitative estimate of drug-likeness (QED) is 0.803. The Morgan fingerprint density at radius 3 is 3.06 bits per heavy atom. The first-order valence-electron chi connectivity index (χ1n) is 5.95. The van der Waals surface area contributed by atoms with Crippen LogP contribution >= 0.6 is 0 Å². The molecule has 4 heteroatoms. The zero-order chi connectivity index (χ0) is 11.1. The average molecular weight is 219 g/mol. The molecule has 0 radical (unpaired) electrons. The predicted molar refractivity (Wildman–Crippen MR) is 59.8 cm³/mol. The van der Waals surface area contributed by atoms with Gasteiger partial charge >= 0.3 is 0 Å². The largest absolute Gasteiger partial charge is 0.385 e. The Morgan fingerprint density at radius 1 is 1.50 bits per heavy atom. The van der Waals surface area contributed by atoms with E-state index < -0.39 is 6.10 Å². The molecule has 1 fully saturated rings. The number of aromatic nitrogens is 2. The lowest BCUT2D eigenvalue weighted by molar-refractivity contribution is 0.143. The van der Waals surface area contributed by atoms with Crippen molar-refractivity contribution in [2.75, 3.05) is 13.6 Å². The van der Waals surface area contributed by atoms with Gasteiger partial charge in [0.25, 0.3) is 0 Å². The predicted octanol–water partition coefficient (Wildman–Crippen LogP) is 0.908. The molecule has 0 spiro atoms. The maximum atomic E-state index is 9.99. The van der Waals surface area contributed by atoms with Gasteiger partial charge in [0.05, 0.1) is 5.69 Å². The highest BCUT2D eigenvalue weighted by atomic mass is 16.3. The fourth-order valence-corrected chi connectivity index (χ4v) is 2.21. The third-order valence-electron chi connectivity index (χ3n) is 3.49. The van der Waals surface area contributed by atoms with E-state index in [2.05, 4.69) is 21.9 Å². The summed E-state index contributed by atoms with van der Waals surface area (Å²) in [4.78, 5) is 11.1. The van der Waals surface area contributed by atoms with Crippen LogP contribution in [0, 0.1) is 5.92 Å². The molecule has 0 saturated heterocycles. The van der Waals surface area contributed by atoms with Gasteiger partial charge in [-0.1, -0.05) is 0 Å². The number of likely N-dealkylation sites (N-methyl/N-ethyl adjacent to an activating group) is 1. The van der Waals surface area contributed by atoms with Gasteiger partial charge in [0.1, 0.15) is 6.10 Å². The first-order valence-corrected chi connectivity index (χ1v) is 5.95. The van der Waals surface area contributed by atoms with Gasteiger partial charge in [-0.2, -0.15) is 0 Å². The second-order valence-electron chi connectivity index (χ2n) is 4.97. The molecule has 1 aliphatic carbocycles. The molecule has 1 saturated carbocycles. The van der Waals surface area contributed by atoms with Crippen LogP contribution in [0.5, 0.6) is 0 Å². The lowest BCUT2D eigenvalue weighted by Gasteiger charge is -2.24. The van der Waals surface area contributed by atoms with E-state index in [4.69, 9.17) is 0 Å². The maximum Gasteiger partial charge on any atom is 0.157 e. The van der Waals surface area contributed by atoms with Crippen LogP contribution in [0.25, 0.3) is 0 Å². The average Bonchev–Trinajstić information content (AvgIpc) is 3.11. The van der Waals surface area contributed by atoms with Crippen LogP contribution in [0.2, 0.25) is 0 Å². The Balaban J connectivity index is 1.88. The van der Waals surface area contributed by atoms with Crippen molar-refractivity contribution in [3.63, 3.8) is 0 Å². The van der Waals surface area contributed by atoms with Crippen LogP contribution in [0.3, 0.4) is 0 Å². The van der Waals surface area contributed by atoms with E-state index in [-0.39, 0.29) is 0 Å². The standard InChI is InChI=1S/C12H17N3O/c1-15-5-4-9-6-13-12(14-10(9)7-15)11(16)8-2-3-8/h6,8,11,16H,2-5,7H2,1H3. The molecule has 1 aromatic heterocycles. The zero-order valence-electron chi connectivity index (χ0n) is 9.56. The van der Waals surface area contributed by atoms with Crippen molar-refractivity contribution in [2.24, 2.45) is 5.92 Å². The molecule has 86 valence electrons. The molecular formula is C12H17N3O. The molecule has 0 amide bonds. The summed E-state index contributed by atoms with van der Waals surface area (Å²) in [5, 5.41) is 9.99. The van der Waals surface area contributed by atoms with Crippen LogP contribution < -0.4 is 0 Å². The summed E-state index contributed by atoms with van der Waals surface area (Å²) in [6.07, 6.45) is 4.70. The maximum absolute atomic E-state index is 9.99. The van der Waals surface area contributed by atoms with Gasteiger partial charge in [-0.05, 0) is 37.8 Å². The van der Waals surface area contributed by atoms with Gasteiger partial charge in [-0.15, -0.1) is 0 Å². The highest BCUT2D eigenvalue weighted by molar-refractivity contribution is 5.21. The number of hydrogen-bond acceptors (Lipinski definition) is 4. The summed E-state index contributed by atoms with van der Waals surface area (Å²) in [5.74, 6) is 1.02. The van der Waals surface area contributed by atoms with Gasteiger partial charge in [0.15, 0.2) is 5.82 Å². The molecule has 2 aliphatic rings. The van der Waals surface area contributed by atoms with Crippen LogP contribution in [-0.2, 0) is 13.0 Å². The molecule has 2 heterocycles. The molecule has 1 aromatic rings. The van der Waals surface area contributed by atoms with E-state index >= 15 is 0 Å². The molecule has 1 unspecified atom stereocenters. The Bertz CT molecular complexity index is 403. The highest BCUT2D eigenvalue weighted by Crippen LogP contribution is 2.39. The van der Waals surface area contributed by atoms with E-state index in [1.54, 1.807) is 0 Å². The molecule has 0 bridgehead atoms. The third-order valence-corrected chi connectivity index (χ3v) is 3.49. The van der Waals surface area contributed by atoms with Gasteiger partial charge < -0.3 is 10.0 Å². The number of rotatable bonds is 2. The number of hydrogen-bond donors (Lipinski definition) is 1. The molecule has 1 atom stereocenters.